The average Bonchev–Trinajstić information content (AvgIpc) is 3.62. The van der Waals surface area contributed by atoms with Crippen molar-refractivity contribution >= 4 is 23.2 Å². The van der Waals surface area contributed by atoms with Crippen LogP contribution in [0.5, 0.6) is 5.75 Å². The van der Waals surface area contributed by atoms with Crippen molar-refractivity contribution in [1.29, 1.82) is 0 Å². The molecule has 4 heterocycles. The normalized spacial score (nSPS) is 15.2. The van der Waals surface area contributed by atoms with Crippen LogP contribution in [0, 0.1) is 11.6 Å². The molecule has 1 saturated heterocycles. The molecule has 0 spiro atoms. The third-order valence-corrected chi connectivity index (χ3v) is 6.56. The van der Waals surface area contributed by atoms with Gasteiger partial charge in [-0.05, 0) is 12.1 Å². The lowest BCUT2D eigenvalue weighted by atomic mass is 10.2. The van der Waals surface area contributed by atoms with E-state index in [1.54, 1.807) is 24.5 Å². The summed E-state index contributed by atoms with van der Waals surface area (Å²) in [5.74, 6) is -0.430. The highest BCUT2D eigenvalue weighted by Gasteiger charge is 2.23. The lowest BCUT2D eigenvalue weighted by molar-refractivity contribution is 0.0523. The summed E-state index contributed by atoms with van der Waals surface area (Å²) < 4.78 is 40.8. The Balaban J connectivity index is 1.17. The SMILES string of the molecule is CN(CCN1CCN(c2cc(OC[C@H](O)CO)c(F)cc2F)CC1)c1nc(N)n2nc(-c3ccco3)cc2n1. The summed E-state index contributed by atoms with van der Waals surface area (Å²) in [5.41, 5.74) is 7.53. The Kier molecular flexibility index (Phi) is 7.77. The van der Waals surface area contributed by atoms with Crippen molar-refractivity contribution in [3.8, 4) is 17.2 Å². The highest BCUT2D eigenvalue weighted by atomic mass is 19.1. The van der Waals surface area contributed by atoms with E-state index < -0.39 is 24.3 Å². The van der Waals surface area contributed by atoms with Crippen LogP contribution in [-0.2, 0) is 0 Å². The van der Waals surface area contributed by atoms with Gasteiger partial charge in [0.1, 0.15) is 24.2 Å². The fourth-order valence-corrected chi connectivity index (χ4v) is 4.33. The van der Waals surface area contributed by atoms with E-state index in [0.717, 1.165) is 12.6 Å². The lowest BCUT2D eigenvalue weighted by Crippen LogP contribution is -2.48. The number of aliphatic hydroxyl groups excluding tert-OH is 2. The van der Waals surface area contributed by atoms with Crippen molar-refractivity contribution in [1.82, 2.24) is 24.5 Å². The second-order valence-electron chi connectivity index (χ2n) is 9.29. The zero-order chi connectivity index (χ0) is 27.5. The number of piperazine rings is 1. The summed E-state index contributed by atoms with van der Waals surface area (Å²) in [4.78, 5) is 15.0. The standard InChI is InChI=1S/C25H30F2N8O4/c1-32(25-29-23-12-19(21-3-2-10-38-21)31-35(23)24(28)30-25)4-5-33-6-8-34(9-7-33)20-13-22(18(27)11-17(20)26)39-15-16(37)14-36/h2-3,10-13,16,36-37H,4-9,14-15H2,1H3,(H2,28,29,30)/t16-/m1/s1. The molecule has 5 rings (SSSR count). The van der Waals surface area contributed by atoms with Crippen LogP contribution < -0.4 is 20.3 Å². The molecule has 0 bridgehead atoms. The summed E-state index contributed by atoms with van der Waals surface area (Å²) in [6.07, 6.45) is 0.421. The molecule has 1 aliphatic heterocycles. The number of aromatic nitrogens is 4. The third-order valence-electron chi connectivity index (χ3n) is 6.56. The van der Waals surface area contributed by atoms with Crippen LogP contribution in [0.3, 0.4) is 0 Å². The third kappa shape index (κ3) is 5.87. The van der Waals surface area contributed by atoms with Crippen LogP contribution in [0.2, 0.25) is 0 Å². The number of rotatable bonds is 10. The fraction of sp³-hybridized carbons (Fsp3) is 0.400. The van der Waals surface area contributed by atoms with Crippen molar-refractivity contribution in [2.45, 2.75) is 6.10 Å². The molecule has 14 heteroatoms. The Labute approximate surface area is 222 Å². The maximum absolute atomic E-state index is 14.6. The molecule has 1 fully saturated rings. The van der Waals surface area contributed by atoms with E-state index in [0.29, 0.717) is 55.8 Å². The van der Waals surface area contributed by atoms with E-state index in [4.69, 9.17) is 20.0 Å². The predicted molar refractivity (Wildman–Crippen MR) is 140 cm³/mol. The molecule has 4 N–H and O–H groups in total. The zero-order valence-corrected chi connectivity index (χ0v) is 21.4. The van der Waals surface area contributed by atoms with Gasteiger partial charge in [0.2, 0.25) is 11.9 Å². The van der Waals surface area contributed by atoms with Crippen LogP contribution >= 0.6 is 0 Å². The molecular weight excluding hydrogens is 514 g/mol. The van der Waals surface area contributed by atoms with Gasteiger partial charge in [0.25, 0.3) is 0 Å². The minimum atomic E-state index is -1.15. The van der Waals surface area contributed by atoms with Crippen molar-refractivity contribution in [3.05, 3.63) is 48.2 Å². The second kappa shape index (κ2) is 11.4. The van der Waals surface area contributed by atoms with Crippen LogP contribution in [0.4, 0.5) is 26.4 Å². The topological polar surface area (TPSA) is 142 Å². The maximum atomic E-state index is 14.6. The fourth-order valence-electron chi connectivity index (χ4n) is 4.33. The lowest BCUT2D eigenvalue weighted by Gasteiger charge is -2.37. The first-order chi connectivity index (χ1) is 18.8. The van der Waals surface area contributed by atoms with Crippen LogP contribution in [0.1, 0.15) is 0 Å². The van der Waals surface area contributed by atoms with E-state index in [2.05, 4.69) is 20.0 Å². The molecule has 0 amide bonds. The van der Waals surface area contributed by atoms with Gasteiger partial charge in [-0.15, -0.1) is 0 Å². The van der Waals surface area contributed by atoms with Gasteiger partial charge in [-0.2, -0.15) is 19.6 Å². The highest BCUT2D eigenvalue weighted by molar-refractivity contribution is 5.61. The molecule has 0 saturated carbocycles. The van der Waals surface area contributed by atoms with Crippen molar-refractivity contribution < 1.29 is 28.1 Å². The maximum Gasteiger partial charge on any atom is 0.230 e. The molecule has 4 aromatic rings. The Morgan fingerprint density at radius 2 is 1.95 bits per heavy atom. The summed E-state index contributed by atoms with van der Waals surface area (Å²) in [6.45, 7) is 2.94. The molecule has 1 aromatic carbocycles. The van der Waals surface area contributed by atoms with Crippen molar-refractivity contribution in [2.75, 3.05) is 75.1 Å². The first-order valence-electron chi connectivity index (χ1n) is 12.5. The number of hydrogen-bond donors (Lipinski definition) is 3. The minimum absolute atomic E-state index is 0.173. The molecule has 0 unspecified atom stereocenters. The molecule has 0 aliphatic carbocycles. The first-order valence-corrected chi connectivity index (χ1v) is 12.5. The molecule has 0 radical (unpaired) electrons. The van der Waals surface area contributed by atoms with Gasteiger partial charge in [-0.25, -0.2) is 8.78 Å². The Bertz CT molecular complexity index is 1410. The van der Waals surface area contributed by atoms with Gasteiger partial charge in [-0.3, -0.25) is 4.90 Å². The number of anilines is 3. The number of nitrogens with two attached hydrogens (primary N) is 1. The number of likely N-dealkylation sites (N-methyl/N-ethyl adjacent to an activating group) is 1. The van der Waals surface area contributed by atoms with Gasteiger partial charge in [-0.1, -0.05) is 0 Å². The number of nitrogen functional groups attached to an aromatic ring is 1. The molecule has 3 aromatic heterocycles. The molecular formula is C25H30F2N8O4. The van der Waals surface area contributed by atoms with Gasteiger partial charge < -0.3 is 34.9 Å². The van der Waals surface area contributed by atoms with E-state index in [-0.39, 0.29) is 24.0 Å². The molecule has 1 atom stereocenters. The zero-order valence-electron chi connectivity index (χ0n) is 21.4. The van der Waals surface area contributed by atoms with Gasteiger partial charge in [0.15, 0.2) is 23.0 Å². The van der Waals surface area contributed by atoms with Gasteiger partial charge in [0, 0.05) is 64.5 Å². The van der Waals surface area contributed by atoms with E-state index >= 15 is 0 Å². The molecule has 1 aliphatic rings. The summed E-state index contributed by atoms with van der Waals surface area (Å²) in [6, 6.07) is 7.44. The largest absolute Gasteiger partial charge is 0.488 e. The van der Waals surface area contributed by atoms with Gasteiger partial charge >= 0.3 is 0 Å². The first kappa shape index (κ1) is 26.6. The smallest absolute Gasteiger partial charge is 0.230 e. The quantitative estimate of drug-likeness (QED) is 0.265. The van der Waals surface area contributed by atoms with Crippen LogP contribution in [0.25, 0.3) is 17.1 Å². The number of furan rings is 1. The minimum Gasteiger partial charge on any atom is -0.488 e. The number of ether oxygens (including phenoxy) is 1. The van der Waals surface area contributed by atoms with E-state index in [1.807, 2.05) is 16.8 Å². The summed E-state index contributed by atoms with van der Waals surface area (Å²) in [5, 5.41) is 22.8. The Morgan fingerprint density at radius 1 is 1.15 bits per heavy atom. The summed E-state index contributed by atoms with van der Waals surface area (Å²) >= 11 is 0. The van der Waals surface area contributed by atoms with Crippen molar-refractivity contribution in [3.63, 3.8) is 0 Å². The van der Waals surface area contributed by atoms with E-state index in [9.17, 15) is 13.9 Å². The van der Waals surface area contributed by atoms with E-state index in [1.165, 1.54) is 10.6 Å². The van der Waals surface area contributed by atoms with Gasteiger partial charge in [0.05, 0.1) is 18.6 Å². The number of benzene rings is 1. The summed E-state index contributed by atoms with van der Waals surface area (Å²) in [7, 11) is 1.88. The molecule has 12 nitrogen and oxygen atoms in total. The number of aliphatic hydroxyl groups is 2. The van der Waals surface area contributed by atoms with Crippen molar-refractivity contribution in [2.24, 2.45) is 0 Å². The predicted octanol–water partition coefficient (Wildman–Crippen LogP) is 1.24. The second-order valence-corrected chi connectivity index (χ2v) is 9.29. The molecule has 208 valence electrons. The number of hydrogen-bond acceptors (Lipinski definition) is 11. The van der Waals surface area contributed by atoms with Crippen LogP contribution in [-0.4, -0.2) is 100 Å². The highest BCUT2D eigenvalue weighted by Crippen LogP contribution is 2.29. The monoisotopic (exact) mass is 544 g/mol. The number of fused-ring (bicyclic) bond motifs is 1. The Morgan fingerprint density at radius 3 is 2.67 bits per heavy atom. The number of halogens is 2. The molecule has 39 heavy (non-hydrogen) atoms. The van der Waals surface area contributed by atoms with Crippen LogP contribution in [0.15, 0.2) is 41.0 Å². The number of nitrogens with zero attached hydrogens (tertiary/aromatic N) is 7. The average molecular weight is 545 g/mol. The Hall–Kier alpha value is -4.01.